The highest BCUT2D eigenvalue weighted by Crippen LogP contribution is 2.29. The summed E-state index contributed by atoms with van der Waals surface area (Å²) in [6.07, 6.45) is 7.50. The lowest BCUT2D eigenvalue weighted by Crippen LogP contribution is -2.17. The van der Waals surface area contributed by atoms with Gasteiger partial charge in [0.1, 0.15) is 17.1 Å². The zero-order valence-corrected chi connectivity index (χ0v) is 13.2. The fourth-order valence-corrected chi connectivity index (χ4v) is 2.68. The monoisotopic (exact) mass is 318 g/mol. The van der Waals surface area contributed by atoms with Gasteiger partial charge in [-0.2, -0.15) is 0 Å². The highest BCUT2D eigenvalue weighted by Gasteiger charge is 2.22. The van der Waals surface area contributed by atoms with E-state index >= 15 is 0 Å². The number of phenolic OH excluding ortho intramolecular Hbond substituents is 2. The molecule has 0 aromatic heterocycles. The number of cyclic esters (lactones) is 1. The molecule has 0 saturated carbocycles. The Kier molecular flexibility index (Phi) is 5.79. The standard InChI is InChI=1S/C18H22O5/c1-12-7-5-3-2-4-6-8-14(19)9-13-10-15(20)11-16(21)17(13)18(22)23-12/h6,8,10-12,20-21H,2-5,7,9H2,1H3. The summed E-state index contributed by atoms with van der Waals surface area (Å²) in [6, 6.07) is 2.40. The Morgan fingerprint density at radius 3 is 2.70 bits per heavy atom. The Morgan fingerprint density at radius 2 is 1.91 bits per heavy atom. The van der Waals surface area contributed by atoms with Gasteiger partial charge in [0.15, 0.2) is 5.78 Å². The molecule has 0 saturated heterocycles. The molecule has 124 valence electrons. The van der Waals surface area contributed by atoms with Crippen molar-refractivity contribution in [3.05, 3.63) is 35.4 Å². The number of phenols is 2. The lowest BCUT2D eigenvalue weighted by atomic mass is 9.99. The second-order valence-corrected chi connectivity index (χ2v) is 5.90. The molecule has 1 aromatic carbocycles. The molecular weight excluding hydrogens is 296 g/mol. The van der Waals surface area contributed by atoms with Crippen LogP contribution >= 0.6 is 0 Å². The van der Waals surface area contributed by atoms with Crippen molar-refractivity contribution < 1.29 is 24.5 Å². The molecule has 1 atom stereocenters. The molecule has 1 aliphatic heterocycles. The Labute approximate surface area is 135 Å². The Bertz CT molecular complexity index is 618. The summed E-state index contributed by atoms with van der Waals surface area (Å²) in [4.78, 5) is 24.3. The average molecular weight is 318 g/mol. The Hall–Kier alpha value is -2.30. The lowest BCUT2D eigenvalue weighted by molar-refractivity contribution is -0.114. The van der Waals surface area contributed by atoms with E-state index in [-0.39, 0.29) is 40.9 Å². The summed E-state index contributed by atoms with van der Waals surface area (Å²) in [7, 11) is 0. The molecule has 1 heterocycles. The van der Waals surface area contributed by atoms with Crippen LogP contribution in [-0.2, 0) is 16.0 Å². The highest BCUT2D eigenvalue weighted by molar-refractivity contribution is 5.98. The number of allylic oxidation sites excluding steroid dienone is 2. The van der Waals surface area contributed by atoms with Crippen molar-refractivity contribution in [2.24, 2.45) is 0 Å². The van der Waals surface area contributed by atoms with Gasteiger partial charge in [-0.25, -0.2) is 4.79 Å². The first-order valence-electron chi connectivity index (χ1n) is 7.92. The second kappa shape index (κ2) is 7.81. The summed E-state index contributed by atoms with van der Waals surface area (Å²) in [5.74, 6) is -1.42. The largest absolute Gasteiger partial charge is 0.508 e. The molecule has 5 nitrogen and oxygen atoms in total. The Balaban J connectivity index is 2.36. The van der Waals surface area contributed by atoms with Crippen LogP contribution in [0.5, 0.6) is 11.5 Å². The normalized spacial score (nSPS) is 20.5. The number of ketones is 1. The SMILES string of the molecule is CC1CCCCCC=CC(=O)Cc2cc(O)cc(O)c2C(=O)O1. The van der Waals surface area contributed by atoms with Crippen LogP contribution in [0.15, 0.2) is 24.3 Å². The van der Waals surface area contributed by atoms with E-state index in [1.807, 2.05) is 13.0 Å². The van der Waals surface area contributed by atoms with Crippen molar-refractivity contribution in [3.8, 4) is 11.5 Å². The molecule has 0 radical (unpaired) electrons. The summed E-state index contributed by atoms with van der Waals surface area (Å²) in [6.45, 7) is 1.81. The molecule has 0 spiro atoms. The third kappa shape index (κ3) is 4.84. The van der Waals surface area contributed by atoms with E-state index in [9.17, 15) is 19.8 Å². The summed E-state index contributed by atoms with van der Waals surface area (Å²) >= 11 is 0. The van der Waals surface area contributed by atoms with Gasteiger partial charge in [-0.15, -0.1) is 0 Å². The van der Waals surface area contributed by atoms with Gasteiger partial charge < -0.3 is 14.9 Å². The minimum absolute atomic E-state index is 0.0477. The summed E-state index contributed by atoms with van der Waals surface area (Å²) in [5, 5.41) is 19.6. The zero-order chi connectivity index (χ0) is 16.8. The number of rotatable bonds is 0. The van der Waals surface area contributed by atoms with Crippen LogP contribution < -0.4 is 0 Å². The highest BCUT2D eigenvalue weighted by atomic mass is 16.5. The van der Waals surface area contributed by atoms with Crippen LogP contribution in [-0.4, -0.2) is 28.1 Å². The van der Waals surface area contributed by atoms with Gasteiger partial charge in [0, 0.05) is 12.5 Å². The van der Waals surface area contributed by atoms with E-state index in [1.54, 1.807) is 0 Å². The molecular formula is C18H22O5. The molecule has 1 aliphatic rings. The quantitative estimate of drug-likeness (QED) is 0.717. The number of fused-ring (bicyclic) bond motifs is 1. The van der Waals surface area contributed by atoms with Crippen LogP contribution in [0.4, 0.5) is 0 Å². The molecule has 2 N–H and O–H groups in total. The molecule has 23 heavy (non-hydrogen) atoms. The van der Waals surface area contributed by atoms with Gasteiger partial charge >= 0.3 is 5.97 Å². The average Bonchev–Trinajstić information content (AvgIpc) is 2.44. The first-order chi connectivity index (χ1) is 11.0. The van der Waals surface area contributed by atoms with Crippen molar-refractivity contribution in [2.45, 2.75) is 51.6 Å². The van der Waals surface area contributed by atoms with Gasteiger partial charge in [-0.3, -0.25) is 4.79 Å². The van der Waals surface area contributed by atoms with Gasteiger partial charge in [0.2, 0.25) is 0 Å². The predicted molar refractivity (Wildman–Crippen MR) is 85.6 cm³/mol. The first kappa shape index (κ1) is 17.1. The fourth-order valence-electron chi connectivity index (χ4n) is 2.68. The van der Waals surface area contributed by atoms with Gasteiger partial charge in [0.05, 0.1) is 6.10 Å². The number of aromatic hydroxyl groups is 2. The topological polar surface area (TPSA) is 83.8 Å². The van der Waals surface area contributed by atoms with Crippen LogP contribution in [0.2, 0.25) is 0 Å². The maximum absolute atomic E-state index is 12.3. The lowest BCUT2D eigenvalue weighted by Gasteiger charge is -2.16. The second-order valence-electron chi connectivity index (χ2n) is 5.90. The fraction of sp³-hybridized carbons (Fsp3) is 0.444. The van der Waals surface area contributed by atoms with Crippen molar-refractivity contribution >= 4 is 11.8 Å². The Morgan fingerprint density at radius 1 is 1.13 bits per heavy atom. The minimum Gasteiger partial charge on any atom is -0.508 e. The maximum atomic E-state index is 12.3. The third-order valence-corrected chi connectivity index (χ3v) is 3.85. The van der Waals surface area contributed by atoms with E-state index in [0.717, 1.165) is 38.2 Å². The number of ether oxygens (including phenoxy) is 1. The van der Waals surface area contributed by atoms with E-state index in [2.05, 4.69) is 0 Å². The molecule has 2 rings (SSSR count). The molecule has 0 fully saturated rings. The van der Waals surface area contributed by atoms with Crippen LogP contribution in [0.1, 0.15) is 54.9 Å². The molecule has 0 bridgehead atoms. The number of esters is 1. The van der Waals surface area contributed by atoms with Crippen molar-refractivity contribution in [2.75, 3.05) is 0 Å². The van der Waals surface area contributed by atoms with E-state index < -0.39 is 5.97 Å². The summed E-state index contributed by atoms with van der Waals surface area (Å²) < 4.78 is 5.37. The molecule has 5 heteroatoms. The maximum Gasteiger partial charge on any atom is 0.342 e. The molecule has 0 aliphatic carbocycles. The summed E-state index contributed by atoms with van der Waals surface area (Å²) in [5.41, 5.74) is 0.222. The van der Waals surface area contributed by atoms with E-state index in [1.165, 1.54) is 12.1 Å². The number of hydrogen-bond donors (Lipinski definition) is 2. The van der Waals surface area contributed by atoms with Crippen molar-refractivity contribution in [3.63, 3.8) is 0 Å². The number of carbonyl (C=O) groups excluding carboxylic acids is 2. The van der Waals surface area contributed by atoms with Gasteiger partial charge in [0.25, 0.3) is 0 Å². The minimum atomic E-state index is -0.668. The smallest absolute Gasteiger partial charge is 0.342 e. The van der Waals surface area contributed by atoms with E-state index in [0.29, 0.717) is 0 Å². The van der Waals surface area contributed by atoms with Gasteiger partial charge in [-0.1, -0.05) is 12.5 Å². The number of hydrogen-bond acceptors (Lipinski definition) is 5. The first-order valence-corrected chi connectivity index (χ1v) is 7.92. The van der Waals surface area contributed by atoms with Crippen LogP contribution in [0, 0.1) is 0 Å². The van der Waals surface area contributed by atoms with E-state index in [4.69, 9.17) is 4.74 Å². The zero-order valence-electron chi connectivity index (χ0n) is 13.2. The number of benzene rings is 1. The van der Waals surface area contributed by atoms with Crippen molar-refractivity contribution in [1.29, 1.82) is 0 Å². The van der Waals surface area contributed by atoms with Gasteiger partial charge in [-0.05, 0) is 50.3 Å². The van der Waals surface area contributed by atoms with Crippen LogP contribution in [0.3, 0.4) is 0 Å². The third-order valence-electron chi connectivity index (χ3n) is 3.85. The number of carbonyl (C=O) groups is 2. The predicted octanol–water partition coefficient (Wildman–Crippen LogP) is 3.28. The van der Waals surface area contributed by atoms with Crippen molar-refractivity contribution in [1.82, 2.24) is 0 Å². The molecule has 1 aromatic rings. The molecule has 0 amide bonds. The van der Waals surface area contributed by atoms with Crippen LogP contribution in [0.25, 0.3) is 0 Å². The molecule has 1 unspecified atom stereocenters.